The second-order valence-corrected chi connectivity index (χ2v) is 4.16. The summed E-state index contributed by atoms with van der Waals surface area (Å²) in [6.07, 6.45) is 1.12. The molecule has 72 valence electrons. The van der Waals surface area contributed by atoms with E-state index in [0.29, 0.717) is 5.92 Å². The van der Waals surface area contributed by atoms with Crippen LogP contribution in [0.2, 0.25) is 0 Å². The van der Waals surface area contributed by atoms with Crippen molar-refractivity contribution in [3.8, 4) is 5.75 Å². The molecule has 0 atom stereocenters. The fourth-order valence-corrected chi connectivity index (χ4v) is 1.65. The molecule has 0 unspecified atom stereocenters. The van der Waals surface area contributed by atoms with E-state index in [1.807, 2.05) is 12.1 Å². The van der Waals surface area contributed by atoms with Gasteiger partial charge in [0.1, 0.15) is 16.8 Å². The topological polar surface area (TPSA) is 9.23 Å². The fourth-order valence-electron chi connectivity index (χ4n) is 1.20. The summed E-state index contributed by atoms with van der Waals surface area (Å²) in [5.74, 6) is 1.55. The predicted molar refractivity (Wildman–Crippen MR) is 62.2 cm³/mol. The lowest BCUT2D eigenvalue weighted by atomic mass is 10.0. The summed E-state index contributed by atoms with van der Waals surface area (Å²) in [6, 6.07) is 8.14. The molecule has 0 aliphatic heterocycles. The van der Waals surface area contributed by atoms with Crippen molar-refractivity contribution in [1.29, 1.82) is 0 Å². The molecule has 0 radical (unpaired) electrons. The second kappa shape index (κ2) is 5.45. The molecular formula is C10H14OS2. The van der Waals surface area contributed by atoms with Gasteiger partial charge in [0.25, 0.3) is 0 Å². The normalized spacial score (nSPS) is 10.5. The molecule has 1 aromatic carbocycles. The van der Waals surface area contributed by atoms with Crippen molar-refractivity contribution in [1.82, 2.24) is 0 Å². The average molecular weight is 214 g/mol. The van der Waals surface area contributed by atoms with Crippen LogP contribution in [0.15, 0.2) is 24.3 Å². The van der Waals surface area contributed by atoms with Crippen molar-refractivity contribution in [3.05, 3.63) is 29.8 Å². The molecule has 0 aliphatic rings. The van der Waals surface area contributed by atoms with Crippen molar-refractivity contribution >= 4 is 22.7 Å². The van der Waals surface area contributed by atoms with Gasteiger partial charge in [-0.1, -0.05) is 37.6 Å². The number of rotatable bonds is 4. The van der Waals surface area contributed by atoms with Crippen LogP contribution in [0.1, 0.15) is 19.4 Å². The zero-order valence-corrected chi connectivity index (χ0v) is 9.57. The highest BCUT2D eigenvalue weighted by molar-refractivity contribution is 8.66. The number of hydrogen-bond acceptors (Lipinski definition) is 3. The molecule has 0 saturated heterocycles. The Morgan fingerprint density at radius 2 is 1.92 bits per heavy atom. The Hall–Kier alpha value is -0.280. The van der Waals surface area contributed by atoms with Crippen molar-refractivity contribution in [2.24, 2.45) is 5.92 Å². The first kappa shape index (κ1) is 10.8. The lowest BCUT2D eigenvalue weighted by molar-refractivity contribution is 0.639. The highest BCUT2D eigenvalue weighted by Gasteiger charge is 1.98. The Morgan fingerprint density at radius 3 is 2.38 bits per heavy atom. The minimum absolute atomic E-state index is 0.700. The van der Waals surface area contributed by atoms with Gasteiger partial charge in [0.2, 0.25) is 0 Å². The van der Waals surface area contributed by atoms with Crippen LogP contribution in [-0.2, 0) is 6.42 Å². The lowest BCUT2D eigenvalue weighted by Gasteiger charge is -2.05. The van der Waals surface area contributed by atoms with Gasteiger partial charge in [-0.3, -0.25) is 0 Å². The van der Waals surface area contributed by atoms with E-state index in [-0.39, 0.29) is 0 Å². The quantitative estimate of drug-likeness (QED) is 0.464. The van der Waals surface area contributed by atoms with Crippen molar-refractivity contribution in [2.75, 3.05) is 0 Å². The molecule has 1 rings (SSSR count). The van der Waals surface area contributed by atoms with Crippen molar-refractivity contribution in [3.63, 3.8) is 0 Å². The van der Waals surface area contributed by atoms with Gasteiger partial charge in [0.15, 0.2) is 0 Å². The van der Waals surface area contributed by atoms with Gasteiger partial charge in [0.05, 0.1) is 0 Å². The van der Waals surface area contributed by atoms with Gasteiger partial charge < -0.3 is 4.18 Å². The molecule has 1 aromatic rings. The highest BCUT2D eigenvalue weighted by atomic mass is 33.1. The molecule has 0 heterocycles. The summed E-state index contributed by atoms with van der Waals surface area (Å²) in [4.78, 5) is 0. The van der Waals surface area contributed by atoms with Crippen LogP contribution >= 0.6 is 22.7 Å². The number of thiol groups is 1. The first-order valence-electron chi connectivity index (χ1n) is 4.29. The van der Waals surface area contributed by atoms with Crippen LogP contribution < -0.4 is 4.18 Å². The monoisotopic (exact) mass is 214 g/mol. The highest BCUT2D eigenvalue weighted by Crippen LogP contribution is 2.19. The van der Waals surface area contributed by atoms with E-state index in [9.17, 15) is 0 Å². The third kappa shape index (κ3) is 3.96. The van der Waals surface area contributed by atoms with Gasteiger partial charge in [-0.25, -0.2) is 0 Å². The van der Waals surface area contributed by atoms with E-state index in [1.165, 1.54) is 5.56 Å². The summed E-state index contributed by atoms with van der Waals surface area (Å²) in [5, 5.41) is 0. The minimum Gasteiger partial charge on any atom is -0.415 e. The third-order valence-electron chi connectivity index (χ3n) is 1.70. The Balaban J connectivity index is 2.59. The Morgan fingerprint density at radius 1 is 1.31 bits per heavy atom. The maximum Gasteiger partial charge on any atom is 0.138 e. The summed E-state index contributed by atoms with van der Waals surface area (Å²) < 4.78 is 5.15. The van der Waals surface area contributed by atoms with E-state index in [2.05, 4.69) is 37.6 Å². The maximum atomic E-state index is 5.15. The van der Waals surface area contributed by atoms with E-state index < -0.39 is 0 Å². The van der Waals surface area contributed by atoms with Crippen LogP contribution in [0.3, 0.4) is 0 Å². The van der Waals surface area contributed by atoms with Crippen LogP contribution in [0.5, 0.6) is 5.75 Å². The van der Waals surface area contributed by atoms with Gasteiger partial charge in [0, 0.05) is 0 Å². The third-order valence-corrected chi connectivity index (χ3v) is 2.19. The van der Waals surface area contributed by atoms with Crippen molar-refractivity contribution in [2.45, 2.75) is 20.3 Å². The van der Waals surface area contributed by atoms with Gasteiger partial charge in [-0.15, -0.1) is 0 Å². The molecule has 0 aliphatic carbocycles. The molecular weight excluding hydrogens is 200 g/mol. The molecule has 0 amide bonds. The van der Waals surface area contributed by atoms with Crippen LogP contribution in [0, 0.1) is 5.92 Å². The van der Waals surface area contributed by atoms with E-state index in [4.69, 9.17) is 4.18 Å². The van der Waals surface area contributed by atoms with Crippen molar-refractivity contribution < 1.29 is 4.18 Å². The maximum absolute atomic E-state index is 5.15. The van der Waals surface area contributed by atoms with Crippen LogP contribution in [-0.4, -0.2) is 0 Å². The van der Waals surface area contributed by atoms with Gasteiger partial charge >= 0.3 is 0 Å². The Bertz CT molecular complexity index is 244. The summed E-state index contributed by atoms with van der Waals surface area (Å²) >= 11 is 4.98. The van der Waals surface area contributed by atoms with Crippen LogP contribution in [0.4, 0.5) is 0 Å². The number of hydrogen-bond donors (Lipinski definition) is 1. The largest absolute Gasteiger partial charge is 0.415 e. The number of benzene rings is 1. The fraction of sp³-hybridized carbons (Fsp3) is 0.400. The molecule has 3 heteroatoms. The predicted octanol–water partition coefficient (Wildman–Crippen LogP) is 3.76. The summed E-state index contributed by atoms with van der Waals surface area (Å²) in [7, 11) is 0. The Labute approximate surface area is 88.9 Å². The molecule has 0 fully saturated rings. The SMILES string of the molecule is CC(C)Cc1ccc(OSS)cc1. The minimum atomic E-state index is 0.700. The van der Waals surface area contributed by atoms with Gasteiger partial charge in [-0.05, 0) is 30.0 Å². The first-order valence-corrected chi connectivity index (χ1v) is 6.09. The molecule has 0 aromatic heterocycles. The molecule has 13 heavy (non-hydrogen) atoms. The van der Waals surface area contributed by atoms with E-state index in [0.717, 1.165) is 23.2 Å². The zero-order chi connectivity index (χ0) is 9.68. The molecule has 0 spiro atoms. The molecule has 0 saturated carbocycles. The standard InChI is InChI=1S/C10H14OS2/c1-8(2)7-9-3-5-10(6-4-9)11-13-12/h3-6,8,12H,7H2,1-2H3. The van der Waals surface area contributed by atoms with E-state index >= 15 is 0 Å². The first-order chi connectivity index (χ1) is 6.22. The molecule has 1 nitrogen and oxygen atoms in total. The smallest absolute Gasteiger partial charge is 0.138 e. The lowest BCUT2D eigenvalue weighted by Crippen LogP contribution is -1.93. The summed E-state index contributed by atoms with van der Waals surface area (Å²) in [5.41, 5.74) is 1.35. The zero-order valence-electron chi connectivity index (χ0n) is 7.86. The average Bonchev–Trinajstić information content (AvgIpc) is 2.08. The van der Waals surface area contributed by atoms with Crippen LogP contribution in [0.25, 0.3) is 0 Å². The molecule has 0 bridgehead atoms. The Kier molecular flexibility index (Phi) is 4.53. The molecule has 0 N–H and O–H groups in total. The van der Waals surface area contributed by atoms with E-state index in [1.54, 1.807) is 0 Å². The second-order valence-electron chi connectivity index (χ2n) is 3.40. The summed E-state index contributed by atoms with van der Waals surface area (Å²) in [6.45, 7) is 4.43. The van der Waals surface area contributed by atoms with Gasteiger partial charge in [-0.2, -0.15) is 0 Å².